The van der Waals surface area contributed by atoms with Crippen LogP contribution in [0, 0.1) is 6.92 Å². The number of aromatic nitrogens is 2. The fraction of sp³-hybridized carbons (Fsp3) is 0.464. The summed E-state index contributed by atoms with van der Waals surface area (Å²) in [6.07, 6.45) is 7.02. The first-order valence-corrected chi connectivity index (χ1v) is 13.0. The van der Waals surface area contributed by atoms with Crippen molar-refractivity contribution in [1.29, 1.82) is 0 Å². The van der Waals surface area contributed by atoms with Crippen LogP contribution in [0.2, 0.25) is 0 Å². The topological polar surface area (TPSA) is 122 Å². The second kappa shape index (κ2) is 11.9. The third-order valence-corrected chi connectivity index (χ3v) is 7.34. The Balaban J connectivity index is 1.08. The van der Waals surface area contributed by atoms with Gasteiger partial charge in [-0.2, -0.15) is 0 Å². The number of amides is 1. The summed E-state index contributed by atoms with van der Waals surface area (Å²) in [5.74, 6) is 1.98. The maximum Gasteiger partial charge on any atom is 0.251 e. The highest BCUT2D eigenvalue weighted by atomic mass is 16.5. The minimum atomic E-state index is -0.675. The molecular weight excluding hydrogens is 486 g/mol. The summed E-state index contributed by atoms with van der Waals surface area (Å²) >= 11 is 0. The van der Waals surface area contributed by atoms with Crippen LogP contribution in [0.25, 0.3) is 0 Å². The van der Waals surface area contributed by atoms with Gasteiger partial charge in [0.2, 0.25) is 0 Å². The molecule has 1 atom stereocenters. The third-order valence-electron chi connectivity index (χ3n) is 7.34. The Morgan fingerprint density at radius 1 is 1.32 bits per heavy atom. The molecule has 5 rings (SSSR count). The van der Waals surface area contributed by atoms with Gasteiger partial charge in [-0.05, 0) is 61.1 Å². The minimum absolute atomic E-state index is 0.179. The van der Waals surface area contributed by atoms with E-state index in [1.165, 1.54) is 17.5 Å². The number of hydrogen-bond acceptors (Lipinski definition) is 9. The number of aliphatic hydroxyl groups is 1. The number of nitrogens with one attached hydrogen (secondary N) is 2. The number of carbonyl (C=O) groups excluding carboxylic acids is 1. The highest BCUT2D eigenvalue weighted by molar-refractivity contribution is 5.94. The van der Waals surface area contributed by atoms with Crippen LogP contribution in [0.4, 0.5) is 5.82 Å². The largest absolute Gasteiger partial charge is 0.485 e. The molecule has 2 aliphatic rings. The fourth-order valence-electron chi connectivity index (χ4n) is 5.06. The molecule has 10 heteroatoms. The van der Waals surface area contributed by atoms with E-state index in [1.807, 2.05) is 6.07 Å². The van der Waals surface area contributed by atoms with Gasteiger partial charge in [0.25, 0.3) is 5.91 Å². The molecule has 0 radical (unpaired) electrons. The quantitative estimate of drug-likeness (QED) is 0.350. The van der Waals surface area contributed by atoms with E-state index in [2.05, 4.69) is 38.5 Å². The van der Waals surface area contributed by atoms with Gasteiger partial charge in [0.15, 0.2) is 12.2 Å². The Bertz CT molecular complexity index is 1230. The van der Waals surface area contributed by atoms with Gasteiger partial charge in [-0.15, -0.1) is 0 Å². The smallest absolute Gasteiger partial charge is 0.251 e. The predicted octanol–water partition coefficient (Wildman–Crippen LogP) is 2.70. The SMILES string of the molecule is COC1CC(Nc2cc(C(=O)NC[C@H](O)CN3CCc4c(ccc(OCc5cnco5)c4C)C3)ccn2)C1. The van der Waals surface area contributed by atoms with E-state index in [-0.39, 0.29) is 12.5 Å². The molecule has 1 aliphatic heterocycles. The number of ether oxygens (including phenoxy) is 2. The predicted molar refractivity (Wildman–Crippen MR) is 141 cm³/mol. The molecule has 3 heterocycles. The summed E-state index contributed by atoms with van der Waals surface area (Å²) in [4.78, 5) is 23.1. The van der Waals surface area contributed by atoms with Crippen molar-refractivity contribution >= 4 is 11.7 Å². The van der Waals surface area contributed by atoms with Crippen molar-refractivity contribution in [1.82, 2.24) is 20.2 Å². The van der Waals surface area contributed by atoms with Crippen LogP contribution < -0.4 is 15.4 Å². The second-order valence-corrected chi connectivity index (χ2v) is 10.0. The molecule has 1 fully saturated rings. The van der Waals surface area contributed by atoms with E-state index in [4.69, 9.17) is 13.9 Å². The normalized spacial score (nSPS) is 19.8. The van der Waals surface area contributed by atoms with Crippen molar-refractivity contribution in [2.45, 2.75) is 57.6 Å². The van der Waals surface area contributed by atoms with Crippen LogP contribution in [0.5, 0.6) is 5.75 Å². The number of carbonyl (C=O) groups is 1. The van der Waals surface area contributed by atoms with Crippen LogP contribution in [0.1, 0.15) is 45.7 Å². The van der Waals surface area contributed by atoms with Gasteiger partial charge in [0, 0.05) is 51.1 Å². The van der Waals surface area contributed by atoms with Gasteiger partial charge in [0.05, 0.1) is 18.4 Å². The minimum Gasteiger partial charge on any atom is -0.485 e. The molecule has 1 amide bonds. The Labute approximate surface area is 222 Å². The van der Waals surface area contributed by atoms with Crippen molar-refractivity contribution < 1.29 is 23.8 Å². The van der Waals surface area contributed by atoms with Crippen LogP contribution in [0.15, 0.2) is 47.5 Å². The van der Waals surface area contributed by atoms with Crippen molar-refractivity contribution in [3.63, 3.8) is 0 Å². The summed E-state index contributed by atoms with van der Waals surface area (Å²) in [6, 6.07) is 7.81. The Kier molecular flexibility index (Phi) is 8.21. The molecule has 1 saturated carbocycles. The van der Waals surface area contributed by atoms with E-state index in [9.17, 15) is 9.90 Å². The third kappa shape index (κ3) is 6.32. The number of β-amino-alcohol motifs (C(OH)–C–C–N with tert-alkyl or cyclic N) is 1. The highest BCUT2D eigenvalue weighted by Gasteiger charge is 2.29. The molecule has 0 bridgehead atoms. The van der Waals surface area contributed by atoms with E-state index in [1.54, 1.807) is 31.6 Å². The summed E-state index contributed by atoms with van der Waals surface area (Å²) in [6.45, 7) is 4.66. The number of hydrogen-bond donors (Lipinski definition) is 3. The number of oxazole rings is 1. The highest BCUT2D eigenvalue weighted by Crippen LogP contribution is 2.30. The molecule has 1 aliphatic carbocycles. The van der Waals surface area contributed by atoms with Crippen LogP contribution in [-0.2, 0) is 24.3 Å². The molecule has 3 N–H and O–H groups in total. The average molecular weight is 522 g/mol. The van der Waals surface area contributed by atoms with Crippen LogP contribution in [-0.4, -0.2) is 70.9 Å². The summed E-state index contributed by atoms with van der Waals surface area (Å²) in [5, 5.41) is 16.8. The van der Waals surface area contributed by atoms with Crippen molar-refractivity contribution in [2.24, 2.45) is 0 Å². The zero-order valence-electron chi connectivity index (χ0n) is 21.9. The van der Waals surface area contributed by atoms with E-state index < -0.39 is 6.10 Å². The summed E-state index contributed by atoms with van der Waals surface area (Å²) in [7, 11) is 1.72. The monoisotopic (exact) mass is 521 g/mol. The second-order valence-electron chi connectivity index (χ2n) is 10.0. The standard InChI is InChI=1S/C28H35N5O5/c1-18-25-6-8-33(14-20(25)3-4-26(18)37-16-24-13-29-17-38-24)15-22(34)12-31-28(35)19-5-7-30-27(9-19)32-21-10-23(11-21)36-2/h3-5,7,9,13,17,21-23,34H,6,8,10-12,14-16H2,1-2H3,(H,30,32)(H,31,35)/t21?,22-,23?/m0/s1. The molecule has 1 aromatic carbocycles. The van der Waals surface area contributed by atoms with Crippen LogP contribution in [0.3, 0.4) is 0 Å². The van der Waals surface area contributed by atoms with E-state index in [0.29, 0.717) is 42.4 Å². The number of nitrogens with zero attached hydrogens (tertiary/aromatic N) is 3. The van der Waals surface area contributed by atoms with Crippen molar-refractivity contribution in [3.05, 3.63) is 71.1 Å². The molecule has 0 spiro atoms. The van der Waals surface area contributed by atoms with Gasteiger partial charge in [0.1, 0.15) is 18.2 Å². The first-order valence-electron chi connectivity index (χ1n) is 13.0. The molecule has 0 unspecified atom stereocenters. The van der Waals surface area contributed by atoms with Gasteiger partial charge >= 0.3 is 0 Å². The zero-order chi connectivity index (χ0) is 26.5. The molecular formula is C28H35N5O5. The lowest BCUT2D eigenvalue weighted by molar-refractivity contribution is 0.0328. The van der Waals surface area contributed by atoms with Gasteiger partial charge < -0.3 is 29.6 Å². The number of benzene rings is 1. The first kappa shape index (κ1) is 26.1. The van der Waals surface area contributed by atoms with Crippen molar-refractivity contribution in [3.8, 4) is 5.75 Å². The van der Waals surface area contributed by atoms with Crippen molar-refractivity contribution in [2.75, 3.05) is 32.1 Å². The lowest BCUT2D eigenvalue weighted by Crippen LogP contribution is -2.42. The number of fused-ring (bicyclic) bond motifs is 1. The number of methoxy groups -OCH3 is 1. The number of pyridine rings is 1. The Hall–Kier alpha value is -3.47. The van der Waals surface area contributed by atoms with Crippen LogP contribution >= 0.6 is 0 Å². The maximum atomic E-state index is 12.7. The van der Waals surface area contributed by atoms with E-state index in [0.717, 1.165) is 43.7 Å². The number of rotatable bonds is 11. The summed E-state index contributed by atoms with van der Waals surface area (Å²) in [5.41, 5.74) is 4.18. The maximum absolute atomic E-state index is 12.7. The average Bonchev–Trinajstić information content (AvgIpc) is 3.42. The lowest BCUT2D eigenvalue weighted by Gasteiger charge is -2.34. The molecule has 202 valence electrons. The number of aliphatic hydroxyl groups excluding tert-OH is 1. The molecule has 3 aromatic rings. The Morgan fingerprint density at radius 2 is 2.18 bits per heavy atom. The molecule has 2 aromatic heterocycles. The molecule has 38 heavy (non-hydrogen) atoms. The molecule has 10 nitrogen and oxygen atoms in total. The van der Waals surface area contributed by atoms with Gasteiger partial charge in [-0.1, -0.05) is 6.07 Å². The summed E-state index contributed by atoms with van der Waals surface area (Å²) < 4.78 is 16.5. The zero-order valence-corrected chi connectivity index (χ0v) is 21.9. The fourth-order valence-corrected chi connectivity index (χ4v) is 5.06. The van der Waals surface area contributed by atoms with E-state index >= 15 is 0 Å². The van der Waals surface area contributed by atoms with Gasteiger partial charge in [-0.3, -0.25) is 9.69 Å². The Morgan fingerprint density at radius 3 is 2.97 bits per heavy atom. The lowest BCUT2D eigenvalue weighted by atomic mass is 9.89. The number of anilines is 1. The first-order chi connectivity index (χ1) is 18.5. The molecule has 0 saturated heterocycles. The van der Waals surface area contributed by atoms with Gasteiger partial charge in [-0.25, -0.2) is 9.97 Å².